The second-order valence-corrected chi connectivity index (χ2v) is 8.75. The first-order valence-electron chi connectivity index (χ1n) is 10.0. The number of nitrogens with two attached hydrogens (primary N) is 1. The van der Waals surface area contributed by atoms with Crippen LogP contribution in [0.1, 0.15) is 33.3 Å². The minimum atomic E-state index is -1.05. The van der Waals surface area contributed by atoms with E-state index in [4.69, 9.17) is 17.3 Å². The summed E-state index contributed by atoms with van der Waals surface area (Å²) in [5.74, 6) is -0.184. The van der Waals surface area contributed by atoms with Crippen molar-refractivity contribution in [3.05, 3.63) is 41.2 Å². The molecule has 3 aromatic rings. The van der Waals surface area contributed by atoms with Gasteiger partial charge in [-0.15, -0.1) is 0 Å². The monoisotopic (exact) mass is 451 g/mol. The molecule has 1 atom stereocenters. The normalized spacial score (nSPS) is 18.1. The second-order valence-electron chi connectivity index (χ2n) is 8.34. The Morgan fingerprint density at radius 1 is 1.34 bits per heavy atom. The average molecular weight is 452 g/mol. The van der Waals surface area contributed by atoms with Gasteiger partial charge in [0.1, 0.15) is 23.5 Å². The molecule has 0 saturated carbocycles. The fraction of sp³-hybridized carbons (Fsp3) is 0.318. The number of piperazine rings is 1. The lowest BCUT2D eigenvalue weighted by Crippen LogP contribution is -2.67. The van der Waals surface area contributed by atoms with E-state index >= 15 is 0 Å². The second kappa shape index (κ2) is 7.50. The van der Waals surface area contributed by atoms with Crippen molar-refractivity contribution < 1.29 is 9.59 Å². The largest absolute Gasteiger partial charge is 0.382 e. The van der Waals surface area contributed by atoms with E-state index < -0.39 is 5.54 Å². The maximum atomic E-state index is 13.5. The van der Waals surface area contributed by atoms with E-state index in [1.54, 1.807) is 52.4 Å². The molecule has 32 heavy (non-hydrogen) atoms. The molecule has 2 aromatic heterocycles. The number of hydrogen-bond acceptors (Lipinski definition) is 6. The topological polar surface area (TPSA) is 121 Å². The first-order chi connectivity index (χ1) is 15.1. The molecular formula is C22H22ClN7O2. The molecule has 10 heteroatoms. The van der Waals surface area contributed by atoms with Crippen molar-refractivity contribution in [1.29, 1.82) is 5.26 Å². The van der Waals surface area contributed by atoms with Crippen LogP contribution < -0.4 is 10.6 Å². The van der Waals surface area contributed by atoms with Crippen LogP contribution >= 0.6 is 11.6 Å². The van der Waals surface area contributed by atoms with Crippen LogP contribution in [0.2, 0.25) is 5.02 Å². The number of nitrogens with zero attached hydrogens (tertiary/aromatic N) is 6. The predicted molar refractivity (Wildman–Crippen MR) is 121 cm³/mol. The summed E-state index contributed by atoms with van der Waals surface area (Å²) < 4.78 is 1.58. The number of benzene rings is 1. The number of halogens is 1. The zero-order valence-electron chi connectivity index (χ0n) is 18.1. The molecular weight excluding hydrogens is 430 g/mol. The predicted octanol–water partition coefficient (Wildman–Crippen LogP) is 2.87. The molecule has 0 spiro atoms. The Morgan fingerprint density at radius 2 is 2.06 bits per heavy atom. The van der Waals surface area contributed by atoms with Gasteiger partial charge in [-0.25, -0.2) is 9.50 Å². The number of carbonyl (C=O) groups excluding carboxylic acids is 2. The van der Waals surface area contributed by atoms with Crippen molar-refractivity contribution in [2.24, 2.45) is 0 Å². The third kappa shape index (κ3) is 3.15. The van der Waals surface area contributed by atoms with E-state index in [0.29, 0.717) is 39.6 Å². The van der Waals surface area contributed by atoms with Gasteiger partial charge in [-0.1, -0.05) is 17.7 Å². The quantitative estimate of drug-likeness (QED) is 0.639. The SMILES string of the molecule is CC(=O)N1C[C@H](C)N(c2cc(-c3cc(Cl)c4c(N)ncnn34)ccc2C#N)C(=O)C1(C)C. The number of nitrogen functional groups attached to an aromatic ring is 1. The Kier molecular flexibility index (Phi) is 5.06. The van der Waals surface area contributed by atoms with E-state index in [9.17, 15) is 14.9 Å². The number of fused-ring (bicyclic) bond motifs is 1. The molecule has 0 bridgehead atoms. The van der Waals surface area contributed by atoms with Gasteiger partial charge in [-0.2, -0.15) is 10.4 Å². The van der Waals surface area contributed by atoms with Gasteiger partial charge in [-0.05, 0) is 39.0 Å². The molecule has 1 saturated heterocycles. The molecule has 0 unspecified atom stereocenters. The minimum Gasteiger partial charge on any atom is -0.382 e. The van der Waals surface area contributed by atoms with E-state index in [1.807, 2.05) is 6.92 Å². The van der Waals surface area contributed by atoms with Gasteiger partial charge in [0.25, 0.3) is 5.91 Å². The highest BCUT2D eigenvalue weighted by Gasteiger charge is 2.47. The lowest BCUT2D eigenvalue weighted by molar-refractivity contribution is -0.146. The fourth-order valence-electron chi connectivity index (χ4n) is 4.27. The van der Waals surface area contributed by atoms with Gasteiger partial charge in [0.15, 0.2) is 5.82 Å². The van der Waals surface area contributed by atoms with Crippen LogP contribution in [-0.4, -0.2) is 49.4 Å². The Labute approximate surface area is 190 Å². The van der Waals surface area contributed by atoms with Crippen molar-refractivity contribution in [2.45, 2.75) is 39.3 Å². The molecule has 2 amide bonds. The number of hydrogen-bond donors (Lipinski definition) is 1. The molecule has 1 aromatic carbocycles. The molecule has 4 rings (SSSR count). The summed E-state index contributed by atoms with van der Waals surface area (Å²) in [7, 11) is 0. The van der Waals surface area contributed by atoms with Gasteiger partial charge < -0.3 is 15.5 Å². The number of amides is 2. The van der Waals surface area contributed by atoms with Crippen LogP contribution in [0, 0.1) is 11.3 Å². The molecule has 9 nitrogen and oxygen atoms in total. The van der Waals surface area contributed by atoms with Crippen LogP contribution in [0.4, 0.5) is 11.5 Å². The zero-order valence-corrected chi connectivity index (χ0v) is 18.9. The third-order valence-corrected chi connectivity index (χ3v) is 6.18. The Balaban J connectivity index is 1.88. The first kappa shape index (κ1) is 21.6. The fourth-order valence-corrected chi connectivity index (χ4v) is 4.55. The van der Waals surface area contributed by atoms with E-state index in [2.05, 4.69) is 16.2 Å². The minimum absolute atomic E-state index is 0.171. The van der Waals surface area contributed by atoms with Crippen molar-refractivity contribution in [3.8, 4) is 17.3 Å². The number of aromatic nitrogens is 3. The van der Waals surface area contributed by atoms with E-state index in [-0.39, 0.29) is 23.7 Å². The van der Waals surface area contributed by atoms with Crippen molar-refractivity contribution in [3.63, 3.8) is 0 Å². The molecule has 3 heterocycles. The maximum absolute atomic E-state index is 13.5. The van der Waals surface area contributed by atoms with Crippen LogP contribution in [0.5, 0.6) is 0 Å². The van der Waals surface area contributed by atoms with E-state index in [0.717, 1.165) is 0 Å². The number of carbonyl (C=O) groups is 2. The summed E-state index contributed by atoms with van der Waals surface area (Å²) in [5.41, 5.74) is 7.55. The number of rotatable bonds is 2. The van der Waals surface area contributed by atoms with Gasteiger partial charge in [0.05, 0.1) is 28.0 Å². The lowest BCUT2D eigenvalue weighted by atomic mass is 9.93. The molecule has 0 radical (unpaired) electrons. The highest BCUT2D eigenvalue weighted by Crippen LogP contribution is 2.37. The van der Waals surface area contributed by atoms with Crippen molar-refractivity contribution in [2.75, 3.05) is 17.2 Å². The lowest BCUT2D eigenvalue weighted by Gasteiger charge is -2.49. The van der Waals surface area contributed by atoms with Gasteiger partial charge in [-0.3, -0.25) is 9.59 Å². The highest BCUT2D eigenvalue weighted by atomic mass is 35.5. The molecule has 164 valence electrons. The molecule has 2 N–H and O–H groups in total. The van der Waals surface area contributed by atoms with Crippen molar-refractivity contribution in [1.82, 2.24) is 19.5 Å². The van der Waals surface area contributed by atoms with Gasteiger partial charge in [0.2, 0.25) is 5.91 Å². The summed E-state index contributed by atoms with van der Waals surface area (Å²) in [6.45, 7) is 7.09. The summed E-state index contributed by atoms with van der Waals surface area (Å²) >= 11 is 6.37. The van der Waals surface area contributed by atoms with Crippen LogP contribution in [0.25, 0.3) is 16.8 Å². The summed E-state index contributed by atoms with van der Waals surface area (Å²) in [6.07, 6.45) is 1.34. The third-order valence-electron chi connectivity index (χ3n) is 5.89. The van der Waals surface area contributed by atoms with Crippen LogP contribution in [-0.2, 0) is 9.59 Å². The molecule has 1 fully saturated rings. The standard InChI is InChI=1S/C22H22ClN7O2/c1-12-10-28(13(2)31)22(3,4)21(32)29(12)17-7-14(5-6-15(17)9-24)18-8-16(23)19-20(25)26-11-27-30(18)19/h5-8,11-12H,10H2,1-4H3,(H2,25,26,27)/t12-/m0/s1. The van der Waals surface area contributed by atoms with Crippen LogP contribution in [0.15, 0.2) is 30.6 Å². The molecule has 1 aliphatic rings. The highest BCUT2D eigenvalue weighted by molar-refractivity contribution is 6.35. The van der Waals surface area contributed by atoms with Crippen LogP contribution in [0.3, 0.4) is 0 Å². The van der Waals surface area contributed by atoms with Crippen molar-refractivity contribution >= 4 is 40.4 Å². The first-order valence-corrected chi connectivity index (χ1v) is 10.4. The maximum Gasteiger partial charge on any atom is 0.252 e. The van der Waals surface area contributed by atoms with E-state index in [1.165, 1.54) is 13.3 Å². The molecule has 1 aliphatic heterocycles. The average Bonchev–Trinajstić information content (AvgIpc) is 3.08. The zero-order chi connectivity index (χ0) is 23.4. The summed E-state index contributed by atoms with van der Waals surface area (Å²) in [6, 6.07) is 8.76. The molecule has 0 aliphatic carbocycles. The number of anilines is 2. The number of nitriles is 1. The van der Waals surface area contributed by atoms with Gasteiger partial charge >= 0.3 is 0 Å². The smallest absolute Gasteiger partial charge is 0.252 e. The Hall–Kier alpha value is -3.64. The summed E-state index contributed by atoms with van der Waals surface area (Å²) in [5, 5.41) is 14.4. The Bertz CT molecular complexity index is 1310. The van der Waals surface area contributed by atoms with Gasteiger partial charge in [0, 0.05) is 19.0 Å². The summed E-state index contributed by atoms with van der Waals surface area (Å²) in [4.78, 5) is 32.8. The Morgan fingerprint density at radius 3 is 2.72 bits per heavy atom.